The summed E-state index contributed by atoms with van der Waals surface area (Å²) in [5.41, 5.74) is 1.50. The van der Waals surface area contributed by atoms with Crippen LogP contribution < -0.4 is 15.5 Å². The van der Waals surface area contributed by atoms with Gasteiger partial charge in [0.15, 0.2) is 11.5 Å². The fraction of sp³-hybridized carbons (Fsp3) is 0.300. The van der Waals surface area contributed by atoms with Crippen LogP contribution in [0.4, 0.5) is 16.0 Å². The Morgan fingerprint density at radius 2 is 2.14 bits per heavy atom. The Balaban J connectivity index is 1.59. The van der Waals surface area contributed by atoms with Crippen molar-refractivity contribution in [2.45, 2.75) is 25.8 Å². The number of nitrogens with one attached hydrogen (secondary N) is 2. The first-order valence-electron chi connectivity index (χ1n) is 9.42. The van der Waals surface area contributed by atoms with Crippen molar-refractivity contribution in [2.24, 2.45) is 0 Å². The Morgan fingerprint density at radius 3 is 2.93 bits per heavy atom. The molecule has 2 N–H and O–H groups in total. The van der Waals surface area contributed by atoms with Gasteiger partial charge in [0.2, 0.25) is 11.8 Å². The average molecular weight is 396 g/mol. The van der Waals surface area contributed by atoms with E-state index in [0.717, 1.165) is 30.8 Å². The van der Waals surface area contributed by atoms with Gasteiger partial charge in [-0.2, -0.15) is 4.52 Å². The molecule has 0 unspecified atom stereocenters. The maximum Gasteiger partial charge on any atom is 0.244 e. The molecule has 3 aromatic rings. The number of fused-ring (bicyclic) bond motifs is 1. The van der Waals surface area contributed by atoms with Crippen LogP contribution in [0.25, 0.3) is 5.65 Å². The number of hydrogen-bond donors (Lipinski definition) is 2. The fourth-order valence-corrected chi connectivity index (χ4v) is 3.60. The third kappa shape index (κ3) is 4.03. The fourth-order valence-electron chi connectivity index (χ4n) is 3.60. The molecular formula is C20H21FN6O2. The molecule has 1 aromatic carbocycles. The molecule has 2 amide bonds. The van der Waals surface area contributed by atoms with Crippen molar-refractivity contribution in [3.8, 4) is 0 Å². The van der Waals surface area contributed by atoms with E-state index in [1.165, 1.54) is 19.2 Å². The molecular weight excluding hydrogens is 375 g/mol. The molecule has 29 heavy (non-hydrogen) atoms. The highest BCUT2D eigenvalue weighted by Crippen LogP contribution is 2.35. The normalized spacial score (nSPS) is 16.2. The van der Waals surface area contributed by atoms with Crippen LogP contribution >= 0.6 is 0 Å². The van der Waals surface area contributed by atoms with Gasteiger partial charge in [-0.25, -0.2) is 9.37 Å². The van der Waals surface area contributed by atoms with Gasteiger partial charge in [-0.15, -0.1) is 5.10 Å². The number of carbonyl (C=O) groups excluding carboxylic acids is 2. The van der Waals surface area contributed by atoms with E-state index >= 15 is 0 Å². The van der Waals surface area contributed by atoms with Crippen LogP contribution in [0.15, 0.2) is 42.6 Å². The third-order valence-corrected chi connectivity index (χ3v) is 4.89. The van der Waals surface area contributed by atoms with Crippen molar-refractivity contribution in [1.82, 2.24) is 19.9 Å². The van der Waals surface area contributed by atoms with Gasteiger partial charge in [0, 0.05) is 13.5 Å². The molecule has 1 fully saturated rings. The number of rotatable bonds is 5. The van der Waals surface area contributed by atoms with Gasteiger partial charge in [0.05, 0.1) is 18.8 Å². The van der Waals surface area contributed by atoms with E-state index < -0.39 is 0 Å². The molecule has 1 saturated heterocycles. The topological polar surface area (TPSA) is 91.6 Å². The maximum absolute atomic E-state index is 13.7. The van der Waals surface area contributed by atoms with Gasteiger partial charge < -0.3 is 15.5 Å². The van der Waals surface area contributed by atoms with Crippen LogP contribution in [0.2, 0.25) is 0 Å². The molecule has 0 aliphatic carbocycles. The van der Waals surface area contributed by atoms with Gasteiger partial charge >= 0.3 is 0 Å². The molecule has 0 radical (unpaired) electrons. The first-order valence-corrected chi connectivity index (χ1v) is 9.42. The Kier molecular flexibility index (Phi) is 5.11. The predicted octanol–water partition coefficient (Wildman–Crippen LogP) is 2.28. The molecule has 0 spiro atoms. The number of nitrogens with zero attached hydrogens (tertiary/aromatic N) is 4. The number of imidazole rings is 1. The summed E-state index contributed by atoms with van der Waals surface area (Å²) < 4.78 is 15.2. The number of halogens is 1. The SMILES string of the molecule is CC(=O)NCC(=O)Nc1cnc2ccc(N3CCC[C@H]3c3cccc(F)c3)nn12. The molecule has 150 valence electrons. The summed E-state index contributed by atoms with van der Waals surface area (Å²) in [6.07, 6.45) is 3.41. The van der Waals surface area contributed by atoms with Crippen LogP contribution in [0.5, 0.6) is 0 Å². The number of benzene rings is 1. The second-order valence-electron chi connectivity index (χ2n) is 6.97. The second-order valence-corrected chi connectivity index (χ2v) is 6.97. The van der Waals surface area contributed by atoms with Crippen LogP contribution in [-0.2, 0) is 9.59 Å². The maximum atomic E-state index is 13.7. The molecule has 4 rings (SSSR count). The van der Waals surface area contributed by atoms with Crippen molar-refractivity contribution >= 4 is 29.1 Å². The van der Waals surface area contributed by atoms with Crippen molar-refractivity contribution in [3.05, 3.63) is 54.0 Å². The molecule has 1 aliphatic rings. The summed E-state index contributed by atoms with van der Waals surface area (Å²) in [7, 11) is 0. The number of hydrogen-bond acceptors (Lipinski definition) is 5. The molecule has 2 aromatic heterocycles. The lowest BCUT2D eigenvalue weighted by molar-refractivity contribution is -0.122. The zero-order valence-corrected chi connectivity index (χ0v) is 15.9. The number of aromatic nitrogens is 3. The second kappa shape index (κ2) is 7.86. The molecule has 1 atom stereocenters. The zero-order valence-electron chi connectivity index (χ0n) is 15.9. The molecule has 1 aliphatic heterocycles. The van der Waals surface area contributed by atoms with E-state index in [0.29, 0.717) is 11.5 Å². The Bertz CT molecular complexity index is 1070. The summed E-state index contributed by atoms with van der Waals surface area (Å²) in [6, 6.07) is 10.4. The number of amides is 2. The van der Waals surface area contributed by atoms with Gasteiger partial charge in [-0.1, -0.05) is 12.1 Å². The van der Waals surface area contributed by atoms with Crippen molar-refractivity contribution in [3.63, 3.8) is 0 Å². The van der Waals surface area contributed by atoms with Crippen molar-refractivity contribution in [2.75, 3.05) is 23.3 Å². The van der Waals surface area contributed by atoms with Crippen LogP contribution in [0, 0.1) is 5.82 Å². The van der Waals surface area contributed by atoms with Crippen LogP contribution in [-0.4, -0.2) is 39.5 Å². The zero-order chi connectivity index (χ0) is 20.4. The lowest BCUT2D eigenvalue weighted by Gasteiger charge is -2.26. The lowest BCUT2D eigenvalue weighted by atomic mass is 10.0. The minimum atomic E-state index is -0.368. The quantitative estimate of drug-likeness (QED) is 0.690. The van der Waals surface area contributed by atoms with E-state index in [2.05, 4.69) is 25.6 Å². The number of carbonyl (C=O) groups is 2. The molecule has 0 saturated carbocycles. The lowest BCUT2D eigenvalue weighted by Crippen LogP contribution is -2.31. The van der Waals surface area contributed by atoms with Gasteiger partial charge in [0.25, 0.3) is 0 Å². The van der Waals surface area contributed by atoms with E-state index in [-0.39, 0.29) is 30.2 Å². The van der Waals surface area contributed by atoms with Crippen molar-refractivity contribution in [1.29, 1.82) is 0 Å². The summed E-state index contributed by atoms with van der Waals surface area (Å²) in [4.78, 5) is 29.4. The highest BCUT2D eigenvalue weighted by atomic mass is 19.1. The van der Waals surface area contributed by atoms with Gasteiger partial charge in [-0.3, -0.25) is 9.59 Å². The Morgan fingerprint density at radius 1 is 1.28 bits per heavy atom. The molecule has 0 bridgehead atoms. The smallest absolute Gasteiger partial charge is 0.244 e. The molecule has 8 nitrogen and oxygen atoms in total. The first kappa shape index (κ1) is 18.9. The monoisotopic (exact) mass is 396 g/mol. The molecule has 9 heteroatoms. The standard InChI is InChI=1S/C20H21FN6O2/c1-13(28)22-12-20(29)24-19-11-23-17-7-8-18(25-27(17)19)26-9-3-6-16(26)14-4-2-5-15(21)10-14/h2,4-5,7-8,10-11,16H,3,6,9,12H2,1H3,(H,22,28)(H,24,29)/t16-/m0/s1. The first-order chi connectivity index (χ1) is 14.0. The van der Waals surface area contributed by atoms with Crippen LogP contribution in [0.1, 0.15) is 31.4 Å². The van der Waals surface area contributed by atoms with E-state index in [1.807, 2.05) is 18.2 Å². The van der Waals surface area contributed by atoms with Crippen molar-refractivity contribution < 1.29 is 14.0 Å². The van der Waals surface area contributed by atoms with E-state index in [4.69, 9.17) is 0 Å². The van der Waals surface area contributed by atoms with Crippen LogP contribution in [0.3, 0.4) is 0 Å². The summed E-state index contributed by atoms with van der Waals surface area (Å²) in [5, 5.41) is 9.80. The Hall–Kier alpha value is -3.49. The highest BCUT2D eigenvalue weighted by Gasteiger charge is 2.28. The van der Waals surface area contributed by atoms with Gasteiger partial charge in [-0.05, 0) is 42.7 Å². The minimum absolute atomic E-state index is 0.0389. The summed E-state index contributed by atoms with van der Waals surface area (Å²) in [6.45, 7) is 2.02. The van der Waals surface area contributed by atoms with E-state index in [1.54, 1.807) is 16.6 Å². The number of anilines is 2. The largest absolute Gasteiger partial charge is 0.348 e. The Labute approximate surface area is 166 Å². The highest BCUT2D eigenvalue weighted by molar-refractivity contribution is 5.93. The van der Waals surface area contributed by atoms with E-state index in [9.17, 15) is 14.0 Å². The summed E-state index contributed by atoms with van der Waals surface area (Å²) in [5.74, 6) is 0.235. The average Bonchev–Trinajstić information content (AvgIpc) is 3.33. The summed E-state index contributed by atoms with van der Waals surface area (Å²) >= 11 is 0. The minimum Gasteiger partial charge on any atom is -0.348 e. The third-order valence-electron chi connectivity index (χ3n) is 4.89. The predicted molar refractivity (Wildman–Crippen MR) is 106 cm³/mol. The molecule has 3 heterocycles. The van der Waals surface area contributed by atoms with Gasteiger partial charge in [0.1, 0.15) is 11.6 Å².